The highest BCUT2D eigenvalue weighted by Crippen LogP contribution is 2.11. The van der Waals surface area contributed by atoms with Crippen LogP contribution in [0.25, 0.3) is 0 Å². The minimum atomic E-state index is 0.0599. The third-order valence-electron chi connectivity index (χ3n) is 3.67. The van der Waals surface area contributed by atoms with Gasteiger partial charge in [-0.2, -0.15) is 0 Å². The summed E-state index contributed by atoms with van der Waals surface area (Å²) in [4.78, 5) is 11.8. The monoisotopic (exact) mass is 330 g/mol. The van der Waals surface area contributed by atoms with Gasteiger partial charge in [0.05, 0.1) is 0 Å². The first kappa shape index (κ1) is 17.4. The van der Waals surface area contributed by atoms with Crippen molar-refractivity contribution in [2.75, 3.05) is 18.4 Å². The molecule has 0 atom stereocenters. The Labute approximate surface area is 143 Å². The summed E-state index contributed by atoms with van der Waals surface area (Å²) in [6.07, 6.45) is 2.29. The summed E-state index contributed by atoms with van der Waals surface area (Å²) in [6.45, 7) is 3.40. The lowest BCUT2D eigenvalue weighted by Gasteiger charge is -2.08. The van der Waals surface area contributed by atoms with E-state index in [2.05, 4.69) is 41.8 Å². The Morgan fingerprint density at radius 2 is 1.83 bits per heavy atom. The molecule has 0 radical (unpaired) electrons. The number of carbonyl (C=O) groups is 1. The van der Waals surface area contributed by atoms with E-state index in [0.717, 1.165) is 29.1 Å². The van der Waals surface area contributed by atoms with Crippen molar-refractivity contribution in [3.8, 4) is 0 Å². The summed E-state index contributed by atoms with van der Waals surface area (Å²) >= 11 is 5.94. The topological polar surface area (TPSA) is 41.1 Å². The van der Waals surface area contributed by atoms with Crippen molar-refractivity contribution in [1.82, 2.24) is 5.32 Å². The summed E-state index contributed by atoms with van der Waals surface area (Å²) < 4.78 is 0. The van der Waals surface area contributed by atoms with Crippen molar-refractivity contribution in [3.63, 3.8) is 0 Å². The lowest BCUT2D eigenvalue weighted by Crippen LogP contribution is -2.27. The van der Waals surface area contributed by atoms with Crippen LogP contribution in [0.5, 0.6) is 0 Å². The smallest absolute Gasteiger partial charge is 0.221 e. The van der Waals surface area contributed by atoms with Crippen molar-refractivity contribution < 1.29 is 4.79 Å². The predicted octanol–water partition coefficient (Wildman–Crippen LogP) is 4.06. The van der Waals surface area contributed by atoms with Gasteiger partial charge in [0.1, 0.15) is 0 Å². The van der Waals surface area contributed by atoms with Crippen LogP contribution in [-0.2, 0) is 17.6 Å². The molecule has 2 aromatic carbocycles. The van der Waals surface area contributed by atoms with Crippen LogP contribution >= 0.6 is 11.6 Å². The first-order valence-electron chi connectivity index (χ1n) is 8.01. The third kappa shape index (κ3) is 6.33. The maximum Gasteiger partial charge on any atom is 0.221 e. The van der Waals surface area contributed by atoms with Crippen LogP contribution in [0.1, 0.15) is 24.5 Å². The highest BCUT2D eigenvalue weighted by Gasteiger charge is 2.01. The van der Waals surface area contributed by atoms with Gasteiger partial charge in [0, 0.05) is 30.2 Å². The van der Waals surface area contributed by atoms with E-state index in [0.29, 0.717) is 19.5 Å². The van der Waals surface area contributed by atoms with Crippen LogP contribution in [0.15, 0.2) is 48.5 Å². The molecule has 2 aromatic rings. The van der Waals surface area contributed by atoms with Crippen LogP contribution in [0, 0.1) is 0 Å². The quantitative estimate of drug-likeness (QED) is 0.766. The zero-order valence-corrected chi connectivity index (χ0v) is 14.2. The second-order valence-corrected chi connectivity index (χ2v) is 5.89. The SMILES string of the molecule is CCc1ccc(NCCC(=O)NCCc2cccc(Cl)c2)cc1. The molecule has 0 aromatic heterocycles. The van der Waals surface area contributed by atoms with E-state index in [1.807, 2.05) is 24.3 Å². The average molecular weight is 331 g/mol. The zero-order chi connectivity index (χ0) is 16.5. The molecule has 2 rings (SSSR count). The van der Waals surface area contributed by atoms with Crippen LogP contribution in [-0.4, -0.2) is 19.0 Å². The number of anilines is 1. The lowest BCUT2D eigenvalue weighted by molar-refractivity contribution is -0.120. The maximum absolute atomic E-state index is 11.8. The maximum atomic E-state index is 11.8. The number of carbonyl (C=O) groups excluding carboxylic acids is 1. The van der Waals surface area contributed by atoms with E-state index in [4.69, 9.17) is 11.6 Å². The van der Waals surface area contributed by atoms with Gasteiger partial charge in [-0.05, 0) is 48.2 Å². The lowest BCUT2D eigenvalue weighted by atomic mass is 10.1. The normalized spacial score (nSPS) is 10.3. The molecule has 2 N–H and O–H groups in total. The van der Waals surface area contributed by atoms with Crippen LogP contribution in [0.4, 0.5) is 5.69 Å². The molecule has 0 aliphatic carbocycles. The Morgan fingerprint density at radius 1 is 1.04 bits per heavy atom. The standard InChI is InChI=1S/C19H23ClN2O/c1-2-15-6-8-18(9-7-15)21-13-11-19(23)22-12-10-16-4-3-5-17(20)14-16/h3-9,14,21H,2,10-13H2,1H3,(H,22,23). The molecule has 122 valence electrons. The van der Waals surface area contributed by atoms with Gasteiger partial charge in [-0.3, -0.25) is 4.79 Å². The van der Waals surface area contributed by atoms with Crippen molar-refractivity contribution in [2.24, 2.45) is 0 Å². The molecule has 0 bridgehead atoms. The molecular weight excluding hydrogens is 308 g/mol. The number of rotatable bonds is 8. The van der Waals surface area contributed by atoms with Crippen LogP contribution in [0.3, 0.4) is 0 Å². The van der Waals surface area contributed by atoms with Gasteiger partial charge >= 0.3 is 0 Å². The Bertz CT molecular complexity index is 626. The minimum Gasteiger partial charge on any atom is -0.385 e. The first-order chi connectivity index (χ1) is 11.2. The molecule has 1 amide bonds. The fourth-order valence-electron chi connectivity index (χ4n) is 2.31. The Kier molecular flexibility index (Phi) is 6.95. The molecule has 0 aliphatic rings. The molecule has 0 fully saturated rings. The second-order valence-electron chi connectivity index (χ2n) is 5.46. The number of amides is 1. The number of benzene rings is 2. The summed E-state index contributed by atoms with van der Waals surface area (Å²) in [5.74, 6) is 0.0599. The molecule has 4 heteroatoms. The van der Waals surface area contributed by atoms with Crippen molar-refractivity contribution in [3.05, 3.63) is 64.7 Å². The molecule has 0 aliphatic heterocycles. The van der Waals surface area contributed by atoms with Crippen molar-refractivity contribution in [1.29, 1.82) is 0 Å². The molecule has 0 saturated carbocycles. The van der Waals surface area contributed by atoms with E-state index in [-0.39, 0.29) is 5.91 Å². The summed E-state index contributed by atoms with van der Waals surface area (Å²) in [5, 5.41) is 6.93. The number of aryl methyl sites for hydroxylation is 1. The van der Waals surface area contributed by atoms with Gasteiger partial charge in [-0.15, -0.1) is 0 Å². The van der Waals surface area contributed by atoms with E-state index in [1.54, 1.807) is 0 Å². The van der Waals surface area contributed by atoms with Gasteiger partial charge < -0.3 is 10.6 Å². The number of nitrogens with one attached hydrogen (secondary N) is 2. The Balaban J connectivity index is 1.63. The van der Waals surface area contributed by atoms with Gasteiger partial charge in [-0.25, -0.2) is 0 Å². The Hall–Kier alpha value is -2.00. The largest absolute Gasteiger partial charge is 0.385 e. The summed E-state index contributed by atoms with van der Waals surface area (Å²) in [6, 6.07) is 16.0. The number of halogens is 1. The fraction of sp³-hybridized carbons (Fsp3) is 0.316. The van der Waals surface area contributed by atoms with Gasteiger partial charge in [-0.1, -0.05) is 42.8 Å². The molecular formula is C19H23ClN2O. The molecule has 0 spiro atoms. The summed E-state index contributed by atoms with van der Waals surface area (Å²) in [5.41, 5.74) is 3.50. The number of hydrogen-bond acceptors (Lipinski definition) is 2. The van der Waals surface area contributed by atoms with E-state index >= 15 is 0 Å². The predicted molar refractivity (Wildman–Crippen MR) is 97.1 cm³/mol. The fourth-order valence-corrected chi connectivity index (χ4v) is 2.52. The van der Waals surface area contributed by atoms with Gasteiger partial charge in [0.15, 0.2) is 0 Å². The van der Waals surface area contributed by atoms with E-state index < -0.39 is 0 Å². The molecule has 0 heterocycles. The molecule has 3 nitrogen and oxygen atoms in total. The highest BCUT2D eigenvalue weighted by atomic mass is 35.5. The average Bonchev–Trinajstić information content (AvgIpc) is 2.55. The van der Waals surface area contributed by atoms with Crippen molar-refractivity contribution >= 4 is 23.2 Å². The van der Waals surface area contributed by atoms with Gasteiger partial charge in [0.2, 0.25) is 5.91 Å². The van der Waals surface area contributed by atoms with Crippen molar-refractivity contribution in [2.45, 2.75) is 26.2 Å². The van der Waals surface area contributed by atoms with Crippen LogP contribution < -0.4 is 10.6 Å². The first-order valence-corrected chi connectivity index (χ1v) is 8.39. The van der Waals surface area contributed by atoms with Crippen LogP contribution in [0.2, 0.25) is 5.02 Å². The Morgan fingerprint density at radius 3 is 2.52 bits per heavy atom. The molecule has 0 saturated heterocycles. The van der Waals surface area contributed by atoms with E-state index in [9.17, 15) is 4.79 Å². The third-order valence-corrected chi connectivity index (χ3v) is 3.90. The molecule has 23 heavy (non-hydrogen) atoms. The second kappa shape index (κ2) is 9.21. The van der Waals surface area contributed by atoms with E-state index in [1.165, 1.54) is 5.56 Å². The number of hydrogen-bond donors (Lipinski definition) is 2. The molecule has 0 unspecified atom stereocenters. The zero-order valence-electron chi connectivity index (χ0n) is 13.4. The van der Waals surface area contributed by atoms with Gasteiger partial charge in [0.25, 0.3) is 0 Å². The highest BCUT2D eigenvalue weighted by molar-refractivity contribution is 6.30. The minimum absolute atomic E-state index is 0.0599. The summed E-state index contributed by atoms with van der Waals surface area (Å²) in [7, 11) is 0.